The Balaban J connectivity index is 1.11. The Kier molecular flexibility index (Phi) is 5.23. The maximum atomic E-state index is 13.5. The summed E-state index contributed by atoms with van der Waals surface area (Å²) in [4.78, 5) is 37.2. The highest BCUT2D eigenvalue weighted by Gasteiger charge is 2.69. The van der Waals surface area contributed by atoms with Gasteiger partial charge in [-0.25, -0.2) is 13.2 Å². The minimum absolute atomic E-state index is 0.0497. The van der Waals surface area contributed by atoms with Crippen LogP contribution in [0.4, 0.5) is 13.2 Å². The smallest absolute Gasteiger partial charge is 0.261 e. The molecule has 2 N–H and O–H groups in total. The molecule has 178 valence electrons. The van der Waals surface area contributed by atoms with E-state index in [1.165, 1.54) is 12.1 Å². The fraction of sp³-hybridized carbons (Fsp3) is 0.348. The highest BCUT2D eigenvalue weighted by molar-refractivity contribution is 6.30. The summed E-state index contributed by atoms with van der Waals surface area (Å²) in [6.45, 7) is -0.309. The van der Waals surface area contributed by atoms with Crippen molar-refractivity contribution in [2.24, 2.45) is 0 Å². The molecular formula is C23H18ClF3N2O5. The molecule has 4 aliphatic rings. The second-order valence-corrected chi connectivity index (χ2v) is 9.40. The van der Waals surface area contributed by atoms with E-state index >= 15 is 0 Å². The molecule has 7 nitrogen and oxygen atoms in total. The van der Waals surface area contributed by atoms with Crippen molar-refractivity contribution in [2.45, 2.75) is 42.9 Å². The molecule has 11 heteroatoms. The monoisotopic (exact) mass is 494 g/mol. The fourth-order valence-corrected chi connectivity index (χ4v) is 5.02. The average molecular weight is 495 g/mol. The molecule has 0 radical (unpaired) electrons. The number of hydrogen-bond acceptors (Lipinski definition) is 5. The van der Waals surface area contributed by atoms with Gasteiger partial charge in [0.05, 0.1) is 17.0 Å². The van der Waals surface area contributed by atoms with E-state index in [4.69, 9.17) is 21.1 Å². The fourth-order valence-electron chi connectivity index (χ4n) is 4.91. The minimum Gasteiger partial charge on any atom is -0.484 e. The summed E-state index contributed by atoms with van der Waals surface area (Å²) in [5, 5.41) is 5.67. The summed E-state index contributed by atoms with van der Waals surface area (Å²) in [7, 11) is 0. The number of benzene rings is 2. The van der Waals surface area contributed by atoms with Crippen molar-refractivity contribution in [1.29, 1.82) is 0 Å². The highest BCUT2D eigenvalue weighted by Crippen LogP contribution is 2.60. The van der Waals surface area contributed by atoms with Gasteiger partial charge < -0.3 is 20.1 Å². The molecule has 3 fully saturated rings. The van der Waals surface area contributed by atoms with Crippen LogP contribution < -0.4 is 20.1 Å². The van der Waals surface area contributed by atoms with Crippen LogP contribution in [0, 0.1) is 17.5 Å². The van der Waals surface area contributed by atoms with Gasteiger partial charge in [-0.2, -0.15) is 0 Å². The maximum absolute atomic E-state index is 13.5. The van der Waals surface area contributed by atoms with E-state index in [0.29, 0.717) is 19.3 Å². The predicted molar refractivity (Wildman–Crippen MR) is 112 cm³/mol. The number of hydrogen-bond donors (Lipinski definition) is 2. The van der Waals surface area contributed by atoms with Gasteiger partial charge in [0.1, 0.15) is 17.3 Å². The lowest BCUT2D eigenvalue weighted by molar-refractivity contribution is -0.154. The average Bonchev–Trinajstić information content (AvgIpc) is 2.73. The van der Waals surface area contributed by atoms with Crippen LogP contribution in [0.15, 0.2) is 30.3 Å². The molecular weight excluding hydrogens is 477 g/mol. The molecule has 2 amide bonds. The predicted octanol–water partition coefficient (Wildman–Crippen LogP) is 3.08. The zero-order chi connectivity index (χ0) is 24.3. The first-order valence-electron chi connectivity index (χ1n) is 10.5. The number of amides is 2. The molecule has 3 aliphatic carbocycles. The molecule has 2 aromatic carbocycles. The molecule has 2 aromatic rings. The summed E-state index contributed by atoms with van der Waals surface area (Å²) in [5.41, 5.74) is -1.08. The molecule has 34 heavy (non-hydrogen) atoms. The lowest BCUT2D eigenvalue weighted by Crippen LogP contribution is -2.84. The quantitative estimate of drug-likeness (QED) is 0.644. The highest BCUT2D eigenvalue weighted by atomic mass is 35.5. The first kappa shape index (κ1) is 22.5. The van der Waals surface area contributed by atoms with Gasteiger partial charge in [0.2, 0.25) is 0 Å². The maximum Gasteiger partial charge on any atom is 0.261 e. The van der Waals surface area contributed by atoms with Crippen LogP contribution in [-0.2, 0) is 9.59 Å². The first-order valence-corrected chi connectivity index (χ1v) is 10.8. The Morgan fingerprint density at radius 1 is 1.03 bits per heavy atom. The third-order valence-electron chi connectivity index (χ3n) is 6.34. The van der Waals surface area contributed by atoms with Crippen molar-refractivity contribution in [3.05, 3.63) is 58.4 Å². The number of carbonyl (C=O) groups excluding carboxylic acids is 3. The molecule has 0 spiro atoms. The summed E-state index contributed by atoms with van der Waals surface area (Å²) in [5.74, 6) is -4.41. The van der Waals surface area contributed by atoms with Crippen LogP contribution in [0.3, 0.4) is 0 Å². The Hall–Kier alpha value is -3.27. The van der Waals surface area contributed by atoms with Crippen LogP contribution in [0.5, 0.6) is 11.5 Å². The zero-order valence-electron chi connectivity index (χ0n) is 17.6. The van der Waals surface area contributed by atoms with Crippen LogP contribution in [0.25, 0.3) is 0 Å². The number of ketones is 1. The molecule has 3 saturated carbocycles. The number of nitrogens with one attached hydrogen (secondary N) is 2. The summed E-state index contributed by atoms with van der Waals surface area (Å²) in [6, 6.07) is 5.39. The van der Waals surface area contributed by atoms with Gasteiger partial charge in [-0.15, -0.1) is 0 Å². The number of ether oxygens (including phenoxy) is 2. The summed E-state index contributed by atoms with van der Waals surface area (Å²) < 4.78 is 51.1. The van der Waals surface area contributed by atoms with E-state index in [2.05, 4.69) is 10.6 Å². The topological polar surface area (TPSA) is 93.7 Å². The number of halogens is 4. The minimum atomic E-state index is -1.17. The molecule has 2 bridgehead atoms. The van der Waals surface area contributed by atoms with Crippen LogP contribution in [0.2, 0.25) is 5.02 Å². The molecule has 1 aliphatic heterocycles. The van der Waals surface area contributed by atoms with E-state index in [-0.39, 0.29) is 41.0 Å². The van der Waals surface area contributed by atoms with Crippen LogP contribution in [0.1, 0.15) is 36.0 Å². The van der Waals surface area contributed by atoms with Gasteiger partial charge in [0.25, 0.3) is 11.8 Å². The van der Waals surface area contributed by atoms with Crippen molar-refractivity contribution >= 4 is 29.2 Å². The van der Waals surface area contributed by atoms with Crippen LogP contribution >= 0.6 is 11.6 Å². The normalized spacial score (nSPS) is 26.4. The van der Waals surface area contributed by atoms with Gasteiger partial charge in [-0.05, 0) is 37.5 Å². The van der Waals surface area contributed by atoms with Crippen molar-refractivity contribution in [1.82, 2.24) is 10.6 Å². The van der Waals surface area contributed by atoms with Gasteiger partial charge in [-0.1, -0.05) is 11.6 Å². The van der Waals surface area contributed by atoms with Gasteiger partial charge in [0.15, 0.2) is 30.1 Å². The second-order valence-electron chi connectivity index (χ2n) is 8.99. The second kappa shape index (κ2) is 7.90. The number of carbonyl (C=O) groups is 3. The summed E-state index contributed by atoms with van der Waals surface area (Å²) >= 11 is 5.61. The van der Waals surface area contributed by atoms with Gasteiger partial charge in [0, 0.05) is 23.2 Å². The number of fused-ring (bicyclic) bond motifs is 1. The van der Waals surface area contributed by atoms with Crippen molar-refractivity contribution < 1.29 is 37.0 Å². The Morgan fingerprint density at radius 3 is 2.41 bits per heavy atom. The zero-order valence-corrected chi connectivity index (χ0v) is 18.3. The lowest BCUT2D eigenvalue weighted by Gasteiger charge is -2.70. The molecule has 1 heterocycles. The Bertz CT molecular complexity index is 1220. The Morgan fingerprint density at radius 2 is 1.71 bits per heavy atom. The van der Waals surface area contributed by atoms with E-state index in [9.17, 15) is 27.6 Å². The van der Waals surface area contributed by atoms with E-state index in [1.807, 2.05) is 0 Å². The number of Topliss-reactive ketones (excluding diaryl/α,β-unsaturated/α-hetero) is 1. The third kappa shape index (κ3) is 3.96. The molecule has 6 rings (SSSR count). The Labute approximate surface area is 196 Å². The summed E-state index contributed by atoms with van der Waals surface area (Å²) in [6.07, 6.45) is 0.0285. The van der Waals surface area contributed by atoms with Gasteiger partial charge >= 0.3 is 0 Å². The molecule has 0 unspecified atom stereocenters. The van der Waals surface area contributed by atoms with Crippen molar-refractivity contribution in [3.8, 4) is 11.5 Å². The van der Waals surface area contributed by atoms with E-state index in [1.54, 1.807) is 0 Å². The number of rotatable bonds is 6. The standard InChI is InChI=1S/C23H18ClF3N2O5/c24-13-2-1-11(3-14(13)25)33-7-20(31)28-22-8-23(9-22,10-22)29-21(32)19-6-17(30)12-4-15(26)16(27)5-18(12)34-19/h1-5,19H,6-10H2,(H,28,31)(H,29,32)/t19-,22?,23?/m0/s1. The van der Waals surface area contributed by atoms with E-state index < -0.39 is 46.3 Å². The third-order valence-corrected chi connectivity index (χ3v) is 6.65. The van der Waals surface area contributed by atoms with Crippen LogP contribution in [-0.4, -0.2) is 41.4 Å². The van der Waals surface area contributed by atoms with Crippen molar-refractivity contribution in [3.63, 3.8) is 0 Å². The first-order chi connectivity index (χ1) is 16.1. The molecule has 1 atom stereocenters. The molecule has 0 saturated heterocycles. The molecule has 0 aromatic heterocycles. The van der Waals surface area contributed by atoms with Gasteiger partial charge in [-0.3, -0.25) is 14.4 Å². The lowest BCUT2D eigenvalue weighted by atomic mass is 9.44. The SMILES string of the molecule is O=C(COc1ccc(Cl)c(F)c1)NC12CC(NC(=O)[C@@H]3CC(=O)c4cc(F)c(F)cc4O3)(C1)C2. The largest absolute Gasteiger partial charge is 0.484 e. The van der Waals surface area contributed by atoms with E-state index in [0.717, 1.165) is 18.2 Å². The van der Waals surface area contributed by atoms with Crippen molar-refractivity contribution in [2.75, 3.05) is 6.61 Å².